The molecule has 0 aliphatic carbocycles. The molecule has 2 N–H and O–H groups in total. The number of nitrogens with one attached hydrogen (secondary N) is 1. The number of nitrogens with zero attached hydrogens (tertiary/aromatic N) is 3. The van der Waals surface area contributed by atoms with Gasteiger partial charge in [-0.05, 0) is 18.5 Å². The monoisotopic (exact) mass is 312 g/mol. The number of aliphatic carboxylic acids is 1. The summed E-state index contributed by atoms with van der Waals surface area (Å²) in [6.07, 6.45) is 4.32. The molecule has 0 amide bonds. The normalized spacial score (nSPS) is 18.0. The van der Waals surface area contributed by atoms with E-state index < -0.39 is 5.97 Å². The van der Waals surface area contributed by atoms with Crippen LogP contribution in [0.5, 0.6) is 0 Å². The predicted molar refractivity (Wildman–Crippen MR) is 86.8 cm³/mol. The van der Waals surface area contributed by atoms with E-state index in [0.29, 0.717) is 32.0 Å². The number of carbonyl (C=O) groups is 1. The Bertz CT molecular complexity index is 645. The quantitative estimate of drug-likeness (QED) is 0.849. The molecular formula is C17H20N4O2. The largest absolute Gasteiger partial charge is 0.481 e. The van der Waals surface area contributed by atoms with Gasteiger partial charge < -0.3 is 10.4 Å². The zero-order valence-corrected chi connectivity index (χ0v) is 12.9. The topological polar surface area (TPSA) is 78.3 Å². The Labute approximate surface area is 135 Å². The SMILES string of the molecule is O=C(O)C1CCN(Cc2cnc(NCc3ccccc3)nc2)C1. The molecule has 1 saturated heterocycles. The fourth-order valence-corrected chi connectivity index (χ4v) is 2.74. The van der Waals surface area contributed by atoms with E-state index >= 15 is 0 Å². The summed E-state index contributed by atoms with van der Waals surface area (Å²) >= 11 is 0. The van der Waals surface area contributed by atoms with Crippen LogP contribution in [-0.4, -0.2) is 39.0 Å². The molecule has 0 spiro atoms. The molecule has 3 rings (SSSR count). The van der Waals surface area contributed by atoms with E-state index in [4.69, 9.17) is 5.11 Å². The molecule has 6 nitrogen and oxygen atoms in total. The highest BCUT2D eigenvalue weighted by atomic mass is 16.4. The fraction of sp³-hybridized carbons (Fsp3) is 0.353. The first kappa shape index (κ1) is 15.4. The molecule has 120 valence electrons. The summed E-state index contributed by atoms with van der Waals surface area (Å²) in [6, 6.07) is 10.1. The number of carboxylic acid groups (broad SMARTS) is 1. The van der Waals surface area contributed by atoms with Crippen molar-refractivity contribution in [2.24, 2.45) is 5.92 Å². The molecule has 2 aromatic rings. The first-order chi connectivity index (χ1) is 11.2. The molecule has 1 atom stereocenters. The molecule has 1 aliphatic rings. The minimum absolute atomic E-state index is 0.247. The van der Waals surface area contributed by atoms with Crippen LogP contribution < -0.4 is 5.32 Å². The number of hydrogen-bond acceptors (Lipinski definition) is 5. The lowest BCUT2D eigenvalue weighted by Crippen LogP contribution is -2.23. The number of aromatic nitrogens is 2. The third-order valence-electron chi connectivity index (χ3n) is 4.03. The predicted octanol–water partition coefficient (Wildman–Crippen LogP) is 2.00. The standard InChI is InChI=1S/C17H20N4O2/c22-16(23)15-6-7-21(12-15)11-14-9-19-17(20-10-14)18-8-13-4-2-1-3-5-13/h1-5,9-10,15H,6-8,11-12H2,(H,22,23)(H,18,19,20). The second kappa shape index (κ2) is 7.19. The molecule has 1 aromatic heterocycles. The number of hydrogen-bond donors (Lipinski definition) is 2. The van der Waals surface area contributed by atoms with Crippen LogP contribution in [0.25, 0.3) is 0 Å². The van der Waals surface area contributed by atoms with Crippen LogP contribution in [0.15, 0.2) is 42.7 Å². The van der Waals surface area contributed by atoms with Crippen molar-refractivity contribution in [3.63, 3.8) is 0 Å². The summed E-state index contributed by atoms with van der Waals surface area (Å²) in [7, 11) is 0. The average molecular weight is 312 g/mol. The van der Waals surface area contributed by atoms with E-state index in [0.717, 1.165) is 12.1 Å². The van der Waals surface area contributed by atoms with Gasteiger partial charge in [-0.15, -0.1) is 0 Å². The van der Waals surface area contributed by atoms with Crippen molar-refractivity contribution in [1.29, 1.82) is 0 Å². The van der Waals surface area contributed by atoms with Crippen molar-refractivity contribution in [3.8, 4) is 0 Å². The molecular weight excluding hydrogens is 292 g/mol. The van der Waals surface area contributed by atoms with Crippen molar-refractivity contribution in [3.05, 3.63) is 53.9 Å². The molecule has 2 heterocycles. The van der Waals surface area contributed by atoms with Gasteiger partial charge in [-0.2, -0.15) is 0 Å². The maximum atomic E-state index is 11.0. The summed E-state index contributed by atoms with van der Waals surface area (Å²) < 4.78 is 0. The Morgan fingerprint density at radius 3 is 2.61 bits per heavy atom. The third-order valence-corrected chi connectivity index (χ3v) is 4.03. The van der Waals surface area contributed by atoms with Crippen LogP contribution in [0.3, 0.4) is 0 Å². The molecule has 1 aromatic carbocycles. The van der Waals surface area contributed by atoms with Gasteiger partial charge in [0, 0.05) is 37.6 Å². The molecule has 1 aliphatic heterocycles. The van der Waals surface area contributed by atoms with E-state index in [-0.39, 0.29) is 5.92 Å². The van der Waals surface area contributed by atoms with Gasteiger partial charge in [0.2, 0.25) is 5.95 Å². The van der Waals surface area contributed by atoms with Crippen molar-refractivity contribution in [2.75, 3.05) is 18.4 Å². The van der Waals surface area contributed by atoms with E-state index in [2.05, 4.69) is 20.2 Å². The van der Waals surface area contributed by atoms with Gasteiger partial charge in [0.1, 0.15) is 0 Å². The van der Waals surface area contributed by atoms with Crippen molar-refractivity contribution >= 4 is 11.9 Å². The number of likely N-dealkylation sites (tertiary alicyclic amines) is 1. The Kier molecular flexibility index (Phi) is 4.83. The van der Waals surface area contributed by atoms with Crippen LogP contribution in [0, 0.1) is 5.92 Å². The molecule has 1 unspecified atom stereocenters. The fourth-order valence-electron chi connectivity index (χ4n) is 2.74. The zero-order valence-electron chi connectivity index (χ0n) is 12.9. The van der Waals surface area contributed by atoms with Crippen LogP contribution in [0.1, 0.15) is 17.5 Å². The van der Waals surface area contributed by atoms with E-state index in [1.807, 2.05) is 30.3 Å². The lowest BCUT2D eigenvalue weighted by Gasteiger charge is -2.14. The summed E-state index contributed by atoms with van der Waals surface area (Å²) in [6.45, 7) is 2.80. The van der Waals surface area contributed by atoms with E-state index in [9.17, 15) is 4.79 Å². The van der Waals surface area contributed by atoms with Gasteiger partial charge in [-0.25, -0.2) is 9.97 Å². The first-order valence-corrected chi connectivity index (χ1v) is 7.74. The highest BCUT2D eigenvalue weighted by Crippen LogP contribution is 2.18. The zero-order chi connectivity index (χ0) is 16.1. The second-order valence-electron chi connectivity index (χ2n) is 5.81. The molecule has 0 radical (unpaired) electrons. The summed E-state index contributed by atoms with van der Waals surface area (Å²) in [5, 5.41) is 12.2. The van der Waals surface area contributed by atoms with Gasteiger partial charge in [-0.3, -0.25) is 9.69 Å². The highest BCUT2D eigenvalue weighted by Gasteiger charge is 2.27. The van der Waals surface area contributed by atoms with E-state index in [1.54, 1.807) is 12.4 Å². The lowest BCUT2D eigenvalue weighted by atomic mass is 10.1. The Hall–Kier alpha value is -2.47. The Balaban J connectivity index is 1.50. The van der Waals surface area contributed by atoms with Crippen LogP contribution in [0.4, 0.5) is 5.95 Å². The van der Waals surface area contributed by atoms with Crippen LogP contribution in [0.2, 0.25) is 0 Å². The maximum Gasteiger partial charge on any atom is 0.307 e. The summed E-state index contributed by atoms with van der Waals surface area (Å²) in [5.74, 6) is -0.352. The Morgan fingerprint density at radius 1 is 1.22 bits per heavy atom. The smallest absolute Gasteiger partial charge is 0.307 e. The van der Waals surface area contributed by atoms with Crippen LogP contribution in [-0.2, 0) is 17.9 Å². The Morgan fingerprint density at radius 2 is 1.96 bits per heavy atom. The minimum atomic E-state index is -0.704. The van der Waals surface area contributed by atoms with Gasteiger partial charge in [0.05, 0.1) is 5.92 Å². The number of rotatable bonds is 6. The average Bonchev–Trinajstić information content (AvgIpc) is 3.04. The number of anilines is 1. The molecule has 1 fully saturated rings. The minimum Gasteiger partial charge on any atom is -0.481 e. The highest BCUT2D eigenvalue weighted by molar-refractivity contribution is 5.70. The maximum absolute atomic E-state index is 11.0. The first-order valence-electron chi connectivity index (χ1n) is 7.74. The number of carboxylic acids is 1. The number of benzene rings is 1. The summed E-state index contributed by atoms with van der Waals surface area (Å²) in [5.41, 5.74) is 2.18. The molecule has 0 bridgehead atoms. The second-order valence-corrected chi connectivity index (χ2v) is 5.81. The summed E-state index contributed by atoms with van der Waals surface area (Å²) in [4.78, 5) is 21.8. The molecule has 6 heteroatoms. The van der Waals surface area contributed by atoms with Gasteiger partial charge in [0.25, 0.3) is 0 Å². The third kappa shape index (κ3) is 4.26. The van der Waals surface area contributed by atoms with Gasteiger partial charge in [0.15, 0.2) is 0 Å². The van der Waals surface area contributed by atoms with Crippen molar-refractivity contribution < 1.29 is 9.90 Å². The van der Waals surface area contributed by atoms with Crippen molar-refractivity contribution in [2.45, 2.75) is 19.5 Å². The molecule has 0 saturated carbocycles. The van der Waals surface area contributed by atoms with Gasteiger partial charge in [-0.1, -0.05) is 30.3 Å². The van der Waals surface area contributed by atoms with E-state index in [1.165, 1.54) is 5.56 Å². The lowest BCUT2D eigenvalue weighted by molar-refractivity contribution is -0.141. The van der Waals surface area contributed by atoms with Crippen LogP contribution >= 0.6 is 0 Å². The van der Waals surface area contributed by atoms with Crippen molar-refractivity contribution in [1.82, 2.24) is 14.9 Å². The van der Waals surface area contributed by atoms with Gasteiger partial charge >= 0.3 is 5.97 Å². The molecule has 23 heavy (non-hydrogen) atoms.